The molecule has 1 heterocycles. The minimum Gasteiger partial charge on any atom is -0.487 e. The third kappa shape index (κ3) is 3.39. The van der Waals surface area contributed by atoms with E-state index < -0.39 is 15.6 Å². The van der Waals surface area contributed by atoms with E-state index in [2.05, 4.69) is 4.72 Å². The summed E-state index contributed by atoms with van der Waals surface area (Å²) < 4.78 is 33.0. The highest BCUT2D eigenvalue weighted by atomic mass is 35.5. The number of halogens is 1. The van der Waals surface area contributed by atoms with Gasteiger partial charge in [-0.1, -0.05) is 11.6 Å². The summed E-state index contributed by atoms with van der Waals surface area (Å²) >= 11 is 5.77. The highest BCUT2D eigenvalue weighted by Crippen LogP contribution is 2.35. The Balaban J connectivity index is 1.91. The molecule has 0 spiro atoms. The van der Waals surface area contributed by atoms with E-state index >= 15 is 0 Å². The fourth-order valence-electron chi connectivity index (χ4n) is 2.54. The number of hydrogen-bond donors (Lipinski definition) is 1. The second-order valence-corrected chi connectivity index (χ2v) is 8.35. The van der Waals surface area contributed by atoms with Gasteiger partial charge in [0, 0.05) is 10.7 Å². The van der Waals surface area contributed by atoms with Gasteiger partial charge in [0.05, 0.1) is 16.9 Å². The normalized spacial score (nSPS) is 16.2. The SMILES string of the molecule is CC1(C)CC(=O)c2cc(NS(=O)(=O)c3ccc(Cl)cc3)ccc2O1. The first-order chi connectivity index (χ1) is 11.2. The van der Waals surface area contributed by atoms with Crippen molar-refractivity contribution in [2.24, 2.45) is 0 Å². The first kappa shape index (κ1) is 16.8. The largest absolute Gasteiger partial charge is 0.487 e. The second-order valence-electron chi connectivity index (χ2n) is 6.23. The number of nitrogens with one attached hydrogen (secondary N) is 1. The number of ether oxygens (including phenoxy) is 1. The van der Waals surface area contributed by atoms with Crippen LogP contribution in [0, 0.1) is 0 Å². The van der Waals surface area contributed by atoms with Gasteiger partial charge in [0.2, 0.25) is 0 Å². The molecule has 24 heavy (non-hydrogen) atoms. The zero-order chi connectivity index (χ0) is 17.5. The van der Waals surface area contributed by atoms with Crippen molar-refractivity contribution in [1.29, 1.82) is 0 Å². The lowest BCUT2D eigenvalue weighted by Crippen LogP contribution is -2.35. The molecule has 0 fully saturated rings. The van der Waals surface area contributed by atoms with Crippen molar-refractivity contribution in [3.8, 4) is 5.75 Å². The third-order valence-electron chi connectivity index (χ3n) is 3.63. The summed E-state index contributed by atoms with van der Waals surface area (Å²) in [6, 6.07) is 10.5. The summed E-state index contributed by atoms with van der Waals surface area (Å²) in [4.78, 5) is 12.3. The molecule has 0 atom stereocenters. The van der Waals surface area contributed by atoms with Crippen molar-refractivity contribution in [3.63, 3.8) is 0 Å². The Hall–Kier alpha value is -2.05. The second kappa shape index (κ2) is 5.79. The summed E-state index contributed by atoms with van der Waals surface area (Å²) in [6.07, 6.45) is 0.243. The third-order valence-corrected chi connectivity index (χ3v) is 5.28. The maximum atomic E-state index is 12.4. The van der Waals surface area contributed by atoms with E-state index in [1.807, 2.05) is 13.8 Å². The Labute approximate surface area is 145 Å². The molecule has 1 aliphatic rings. The topological polar surface area (TPSA) is 72.5 Å². The molecule has 1 aliphatic heterocycles. The summed E-state index contributed by atoms with van der Waals surface area (Å²) in [5.74, 6) is 0.388. The first-order valence-corrected chi connectivity index (χ1v) is 9.17. The smallest absolute Gasteiger partial charge is 0.261 e. The Bertz CT molecular complexity index is 905. The molecule has 3 rings (SSSR count). The van der Waals surface area contributed by atoms with E-state index in [4.69, 9.17) is 16.3 Å². The lowest BCUT2D eigenvalue weighted by atomic mass is 9.93. The van der Waals surface area contributed by atoms with Gasteiger partial charge < -0.3 is 4.74 Å². The fraction of sp³-hybridized carbons (Fsp3) is 0.235. The zero-order valence-electron chi connectivity index (χ0n) is 13.2. The molecule has 0 saturated heterocycles. The molecule has 1 N–H and O–H groups in total. The molecule has 0 radical (unpaired) electrons. The van der Waals surface area contributed by atoms with Crippen LogP contribution in [-0.2, 0) is 10.0 Å². The number of fused-ring (bicyclic) bond motifs is 1. The number of carbonyl (C=O) groups excluding carboxylic acids is 1. The number of carbonyl (C=O) groups is 1. The first-order valence-electron chi connectivity index (χ1n) is 7.31. The molecule has 0 bridgehead atoms. The lowest BCUT2D eigenvalue weighted by Gasteiger charge is -2.31. The number of Topliss-reactive ketones (excluding diaryl/α,β-unsaturated/α-hetero) is 1. The van der Waals surface area contributed by atoms with Gasteiger partial charge in [-0.3, -0.25) is 9.52 Å². The van der Waals surface area contributed by atoms with Crippen LogP contribution in [0.2, 0.25) is 5.02 Å². The number of ketones is 1. The number of hydrogen-bond acceptors (Lipinski definition) is 4. The highest BCUT2D eigenvalue weighted by molar-refractivity contribution is 7.92. The van der Waals surface area contributed by atoms with Crippen molar-refractivity contribution in [2.75, 3.05) is 4.72 Å². The maximum Gasteiger partial charge on any atom is 0.261 e. The molecule has 0 aliphatic carbocycles. The van der Waals surface area contributed by atoms with Gasteiger partial charge in [0.1, 0.15) is 11.4 Å². The van der Waals surface area contributed by atoms with Crippen LogP contribution in [0.1, 0.15) is 30.6 Å². The van der Waals surface area contributed by atoms with Gasteiger partial charge in [-0.15, -0.1) is 0 Å². The number of benzene rings is 2. The summed E-state index contributed by atoms with van der Waals surface area (Å²) in [6.45, 7) is 3.68. The van der Waals surface area contributed by atoms with Gasteiger partial charge in [-0.05, 0) is 56.3 Å². The Morgan fingerprint density at radius 1 is 1.12 bits per heavy atom. The van der Waals surface area contributed by atoms with Crippen molar-refractivity contribution in [1.82, 2.24) is 0 Å². The van der Waals surface area contributed by atoms with E-state index in [1.54, 1.807) is 12.1 Å². The molecule has 0 saturated carbocycles. The van der Waals surface area contributed by atoms with E-state index in [0.29, 0.717) is 22.0 Å². The minimum absolute atomic E-state index is 0.0752. The van der Waals surface area contributed by atoms with Crippen molar-refractivity contribution in [3.05, 3.63) is 53.1 Å². The van der Waals surface area contributed by atoms with Gasteiger partial charge in [-0.25, -0.2) is 8.42 Å². The van der Waals surface area contributed by atoms with Crippen LogP contribution in [0.25, 0.3) is 0 Å². The molecule has 126 valence electrons. The minimum atomic E-state index is -3.76. The Kier molecular flexibility index (Phi) is 4.05. The molecule has 0 aromatic heterocycles. The van der Waals surface area contributed by atoms with Gasteiger partial charge >= 0.3 is 0 Å². The standard InChI is InChI=1S/C17H16ClNO4S/c1-17(2)10-15(20)14-9-12(5-8-16(14)23-17)19-24(21,22)13-6-3-11(18)4-7-13/h3-9,19H,10H2,1-2H3. The summed E-state index contributed by atoms with van der Waals surface area (Å²) in [5, 5.41) is 0.452. The Morgan fingerprint density at radius 3 is 2.46 bits per heavy atom. The quantitative estimate of drug-likeness (QED) is 0.895. The van der Waals surface area contributed by atoms with E-state index in [9.17, 15) is 13.2 Å². The van der Waals surface area contributed by atoms with Crippen LogP contribution in [0.5, 0.6) is 5.75 Å². The van der Waals surface area contributed by atoms with Gasteiger partial charge in [-0.2, -0.15) is 0 Å². The van der Waals surface area contributed by atoms with Crippen molar-refractivity contribution in [2.45, 2.75) is 30.8 Å². The molecule has 0 unspecified atom stereocenters. The van der Waals surface area contributed by atoms with Crippen LogP contribution >= 0.6 is 11.6 Å². The maximum absolute atomic E-state index is 12.4. The van der Waals surface area contributed by atoms with Crippen molar-refractivity contribution < 1.29 is 17.9 Å². The van der Waals surface area contributed by atoms with Crippen LogP contribution in [0.15, 0.2) is 47.4 Å². The van der Waals surface area contributed by atoms with Crippen LogP contribution in [0.3, 0.4) is 0 Å². The fourth-order valence-corrected chi connectivity index (χ4v) is 3.72. The Morgan fingerprint density at radius 2 is 1.79 bits per heavy atom. The summed E-state index contributed by atoms with van der Waals surface area (Å²) in [7, 11) is -3.76. The molecule has 2 aromatic carbocycles. The molecule has 0 amide bonds. The van der Waals surface area contributed by atoms with Crippen LogP contribution in [0.4, 0.5) is 5.69 Å². The average Bonchev–Trinajstić information content (AvgIpc) is 2.47. The van der Waals surface area contributed by atoms with E-state index in [-0.39, 0.29) is 17.1 Å². The van der Waals surface area contributed by atoms with E-state index in [0.717, 1.165) is 0 Å². The zero-order valence-corrected chi connectivity index (χ0v) is 14.7. The van der Waals surface area contributed by atoms with Crippen molar-refractivity contribution >= 4 is 33.1 Å². The molecule has 5 nitrogen and oxygen atoms in total. The van der Waals surface area contributed by atoms with Crippen LogP contribution < -0.4 is 9.46 Å². The number of sulfonamides is 1. The average molecular weight is 366 g/mol. The number of anilines is 1. The predicted molar refractivity (Wildman–Crippen MR) is 92.4 cm³/mol. The predicted octanol–water partition coefficient (Wildman–Crippen LogP) is 3.88. The monoisotopic (exact) mass is 365 g/mol. The van der Waals surface area contributed by atoms with E-state index in [1.165, 1.54) is 30.3 Å². The molecule has 7 heteroatoms. The molecular formula is C17H16ClNO4S. The highest BCUT2D eigenvalue weighted by Gasteiger charge is 2.32. The number of rotatable bonds is 3. The van der Waals surface area contributed by atoms with Gasteiger partial charge in [0.15, 0.2) is 5.78 Å². The van der Waals surface area contributed by atoms with Crippen LogP contribution in [-0.4, -0.2) is 19.8 Å². The lowest BCUT2D eigenvalue weighted by molar-refractivity contribution is 0.0620. The summed E-state index contributed by atoms with van der Waals surface area (Å²) in [5.41, 5.74) is 0.125. The molecular weight excluding hydrogens is 350 g/mol. The molecule has 2 aromatic rings. The van der Waals surface area contributed by atoms with Gasteiger partial charge in [0.25, 0.3) is 10.0 Å².